The molecular formula is C13H31O12P3. The van der Waals surface area contributed by atoms with Crippen molar-refractivity contribution in [1.29, 1.82) is 0 Å². The Labute approximate surface area is 165 Å². The van der Waals surface area contributed by atoms with Crippen LogP contribution in [0, 0.1) is 5.41 Å². The minimum Gasteiger partial charge on any atom is -0.302 e. The van der Waals surface area contributed by atoms with E-state index in [2.05, 4.69) is 18.1 Å². The summed E-state index contributed by atoms with van der Waals surface area (Å²) in [7, 11) is -13.2. The Morgan fingerprint density at radius 1 is 0.607 bits per heavy atom. The van der Waals surface area contributed by atoms with Crippen molar-refractivity contribution in [2.24, 2.45) is 5.41 Å². The summed E-state index contributed by atoms with van der Waals surface area (Å²) < 4.78 is 62.7. The summed E-state index contributed by atoms with van der Waals surface area (Å²) in [6.07, 6.45) is 0. The van der Waals surface area contributed by atoms with Gasteiger partial charge in [-0.05, 0) is 26.2 Å². The first-order valence-electron chi connectivity index (χ1n) is 8.24. The lowest BCUT2D eigenvalue weighted by Gasteiger charge is -2.22. The van der Waals surface area contributed by atoms with Crippen molar-refractivity contribution >= 4 is 23.5 Å². The molecule has 0 saturated heterocycles. The molecule has 3 atom stereocenters. The average Bonchev–Trinajstić information content (AvgIpc) is 2.43. The van der Waals surface area contributed by atoms with Gasteiger partial charge in [0.2, 0.25) is 0 Å². The van der Waals surface area contributed by atoms with Crippen molar-refractivity contribution in [3.8, 4) is 0 Å². The van der Waals surface area contributed by atoms with Gasteiger partial charge in [0.1, 0.15) is 0 Å². The SMILES string of the molecule is CC(C)(C)COP(=O)(O)OCCOP(=O)(O)OCCOP(=O)(O)OC(C)(C)C. The molecule has 0 saturated carbocycles. The van der Waals surface area contributed by atoms with E-state index in [4.69, 9.17) is 9.05 Å². The zero-order valence-electron chi connectivity index (χ0n) is 16.9. The molecule has 0 bridgehead atoms. The number of rotatable bonds is 13. The van der Waals surface area contributed by atoms with Crippen LogP contribution in [0.1, 0.15) is 41.5 Å². The molecule has 0 radical (unpaired) electrons. The molecule has 0 aromatic carbocycles. The predicted octanol–water partition coefficient (Wildman–Crippen LogP) is 3.23. The van der Waals surface area contributed by atoms with E-state index in [1.165, 1.54) is 0 Å². The first-order valence-corrected chi connectivity index (χ1v) is 12.7. The fraction of sp³-hybridized carbons (Fsp3) is 1.00. The molecule has 0 aromatic rings. The van der Waals surface area contributed by atoms with Crippen molar-refractivity contribution in [3.05, 3.63) is 0 Å². The van der Waals surface area contributed by atoms with Crippen LogP contribution in [0.15, 0.2) is 0 Å². The molecule has 3 N–H and O–H groups in total. The maximum absolute atomic E-state index is 11.6. The second-order valence-electron chi connectivity index (χ2n) is 7.78. The third-order valence-electron chi connectivity index (χ3n) is 2.23. The molecule has 28 heavy (non-hydrogen) atoms. The van der Waals surface area contributed by atoms with Crippen molar-refractivity contribution in [2.75, 3.05) is 33.0 Å². The number of hydrogen-bond acceptors (Lipinski definition) is 9. The molecule has 12 nitrogen and oxygen atoms in total. The monoisotopic (exact) mass is 472 g/mol. The van der Waals surface area contributed by atoms with Crippen molar-refractivity contribution in [3.63, 3.8) is 0 Å². The maximum Gasteiger partial charge on any atom is 0.472 e. The number of phosphoric ester groups is 3. The van der Waals surface area contributed by atoms with Crippen LogP contribution >= 0.6 is 23.5 Å². The normalized spacial score (nSPS) is 19.6. The van der Waals surface area contributed by atoms with Gasteiger partial charge in [0, 0.05) is 0 Å². The first-order chi connectivity index (χ1) is 12.3. The maximum atomic E-state index is 11.6. The average molecular weight is 472 g/mol. The van der Waals surface area contributed by atoms with Gasteiger partial charge in [0.15, 0.2) is 0 Å². The van der Waals surface area contributed by atoms with Crippen LogP contribution in [0.5, 0.6) is 0 Å². The van der Waals surface area contributed by atoms with E-state index >= 15 is 0 Å². The zero-order valence-corrected chi connectivity index (χ0v) is 19.6. The summed E-state index contributed by atoms with van der Waals surface area (Å²) in [6, 6.07) is 0. The highest BCUT2D eigenvalue weighted by molar-refractivity contribution is 7.48. The highest BCUT2D eigenvalue weighted by atomic mass is 31.2. The zero-order chi connectivity index (χ0) is 22.3. The van der Waals surface area contributed by atoms with Gasteiger partial charge in [-0.1, -0.05) is 20.8 Å². The molecule has 170 valence electrons. The summed E-state index contributed by atoms with van der Waals surface area (Å²) in [6.45, 7) is 7.90. The Morgan fingerprint density at radius 3 is 1.25 bits per heavy atom. The molecule has 0 aliphatic rings. The minimum atomic E-state index is -4.52. The molecule has 0 amide bonds. The summed E-state index contributed by atoms with van der Waals surface area (Å²) >= 11 is 0. The van der Waals surface area contributed by atoms with Gasteiger partial charge in [-0.25, -0.2) is 13.7 Å². The molecule has 0 spiro atoms. The molecule has 15 heteroatoms. The smallest absolute Gasteiger partial charge is 0.302 e. The van der Waals surface area contributed by atoms with Gasteiger partial charge in [-0.15, -0.1) is 0 Å². The van der Waals surface area contributed by atoms with Crippen molar-refractivity contribution < 1.29 is 55.5 Å². The lowest BCUT2D eigenvalue weighted by molar-refractivity contribution is 0.0498. The Morgan fingerprint density at radius 2 is 0.929 bits per heavy atom. The van der Waals surface area contributed by atoms with E-state index < -0.39 is 55.5 Å². The molecule has 3 unspecified atom stereocenters. The van der Waals surface area contributed by atoms with E-state index in [0.29, 0.717) is 0 Å². The van der Waals surface area contributed by atoms with E-state index in [9.17, 15) is 28.4 Å². The quantitative estimate of drug-likeness (QED) is 0.265. The third-order valence-corrected chi connectivity index (χ3v) is 5.50. The van der Waals surface area contributed by atoms with Crippen LogP contribution in [-0.4, -0.2) is 53.3 Å². The highest BCUT2D eigenvalue weighted by Crippen LogP contribution is 2.48. The van der Waals surface area contributed by atoms with Crippen LogP contribution in [0.3, 0.4) is 0 Å². The lowest BCUT2D eigenvalue weighted by atomic mass is 9.99. The van der Waals surface area contributed by atoms with Crippen molar-refractivity contribution in [1.82, 2.24) is 0 Å². The Kier molecular flexibility index (Phi) is 11.2. The van der Waals surface area contributed by atoms with Crippen molar-refractivity contribution in [2.45, 2.75) is 47.1 Å². The third kappa shape index (κ3) is 17.2. The lowest BCUT2D eigenvalue weighted by Crippen LogP contribution is -2.18. The Balaban J connectivity index is 4.11. The van der Waals surface area contributed by atoms with E-state index in [1.807, 2.05) is 0 Å². The Hall–Kier alpha value is 0.330. The van der Waals surface area contributed by atoms with Gasteiger partial charge in [-0.2, -0.15) is 0 Å². The van der Waals surface area contributed by atoms with Gasteiger partial charge in [-0.3, -0.25) is 27.1 Å². The fourth-order valence-corrected chi connectivity index (χ4v) is 4.00. The summed E-state index contributed by atoms with van der Waals surface area (Å²) in [5, 5.41) is 0. The number of hydrogen-bond donors (Lipinski definition) is 3. The molecule has 0 heterocycles. The molecule has 0 fully saturated rings. The Bertz CT molecular complexity index is 609. The molecular weight excluding hydrogens is 441 g/mol. The van der Waals surface area contributed by atoms with Crippen LogP contribution in [0.4, 0.5) is 0 Å². The van der Waals surface area contributed by atoms with Gasteiger partial charge in [0.05, 0.1) is 38.6 Å². The first kappa shape index (κ1) is 28.3. The van der Waals surface area contributed by atoms with Gasteiger partial charge < -0.3 is 14.7 Å². The van der Waals surface area contributed by atoms with Gasteiger partial charge >= 0.3 is 23.5 Å². The van der Waals surface area contributed by atoms with Crippen LogP contribution < -0.4 is 0 Å². The van der Waals surface area contributed by atoms with E-state index in [1.54, 1.807) is 41.5 Å². The van der Waals surface area contributed by atoms with E-state index in [0.717, 1.165) is 0 Å². The molecule has 0 aromatic heterocycles. The fourth-order valence-electron chi connectivity index (χ4n) is 1.33. The minimum absolute atomic E-state index is 0.0309. The largest absolute Gasteiger partial charge is 0.472 e. The molecule has 0 rings (SSSR count). The summed E-state index contributed by atoms with van der Waals surface area (Å²) in [5.41, 5.74) is -1.28. The predicted molar refractivity (Wildman–Crippen MR) is 99.5 cm³/mol. The molecule has 0 aliphatic heterocycles. The summed E-state index contributed by atoms with van der Waals surface area (Å²) in [5.74, 6) is 0. The summed E-state index contributed by atoms with van der Waals surface area (Å²) in [4.78, 5) is 28.3. The standard InChI is InChI=1S/C13H31O12P3/c1-12(2,3)11-24-27(16,17)22-8-7-20-26(14,15)21-9-10-23-28(18,19)25-13(4,5)6/h7-11H2,1-6H3,(H,14,15)(H,16,17)(H,18,19). The second-order valence-corrected chi connectivity index (χ2v) is 12.1. The van der Waals surface area contributed by atoms with Gasteiger partial charge in [0.25, 0.3) is 0 Å². The highest BCUT2D eigenvalue weighted by Gasteiger charge is 2.30. The topological polar surface area (TPSA) is 167 Å². The van der Waals surface area contributed by atoms with E-state index in [-0.39, 0.29) is 12.0 Å². The van der Waals surface area contributed by atoms with Crippen LogP contribution in [0.2, 0.25) is 0 Å². The second kappa shape index (κ2) is 11.1. The van der Waals surface area contributed by atoms with Crippen LogP contribution in [-0.2, 0) is 40.8 Å². The number of phosphoric acid groups is 3. The molecule has 0 aliphatic carbocycles. The van der Waals surface area contributed by atoms with Crippen LogP contribution in [0.25, 0.3) is 0 Å².